The zero-order valence-electron chi connectivity index (χ0n) is 11.5. The molecular weight excluding hydrogens is 277 g/mol. The molecule has 1 aromatic carbocycles. The van der Waals surface area contributed by atoms with Crippen molar-refractivity contribution in [3.05, 3.63) is 29.6 Å². The Morgan fingerprint density at radius 1 is 1.48 bits per heavy atom. The van der Waals surface area contributed by atoms with Gasteiger partial charge in [0.15, 0.2) is 0 Å². The highest BCUT2D eigenvalue weighted by molar-refractivity contribution is 5.90. The molecule has 112 valence electrons. The molecule has 0 fully saturated rings. The molecule has 0 saturated heterocycles. The third-order valence-corrected chi connectivity index (χ3v) is 2.78. The van der Waals surface area contributed by atoms with Crippen molar-refractivity contribution in [1.82, 2.24) is 5.32 Å². The van der Waals surface area contributed by atoms with E-state index in [2.05, 4.69) is 10.6 Å². The first-order valence-electron chi connectivity index (χ1n) is 6.42. The molecule has 0 aliphatic carbocycles. The van der Waals surface area contributed by atoms with Crippen LogP contribution in [0.5, 0.6) is 0 Å². The van der Waals surface area contributed by atoms with Gasteiger partial charge in [-0.25, -0.2) is 9.18 Å². The van der Waals surface area contributed by atoms with Crippen molar-refractivity contribution in [2.75, 3.05) is 5.32 Å². The van der Waals surface area contributed by atoms with Crippen LogP contribution in [0.3, 0.4) is 0 Å². The number of benzene rings is 1. The average Bonchev–Trinajstić information content (AvgIpc) is 2.38. The standard InChI is InChI=1S/C14H16FN3O3/c1-9(4-2-7-13(19)20)17-14(21)18-12-6-3-5-11(15)10(12)8-16/h3,5-6,9H,2,4,7H2,1H3,(H,19,20)(H2,17,18,21). The molecule has 1 atom stereocenters. The largest absolute Gasteiger partial charge is 0.481 e. The highest BCUT2D eigenvalue weighted by Gasteiger charge is 2.12. The van der Waals surface area contributed by atoms with E-state index < -0.39 is 17.8 Å². The quantitative estimate of drug-likeness (QED) is 0.749. The molecule has 1 aromatic rings. The summed E-state index contributed by atoms with van der Waals surface area (Å²) >= 11 is 0. The van der Waals surface area contributed by atoms with E-state index >= 15 is 0 Å². The number of halogens is 1. The summed E-state index contributed by atoms with van der Waals surface area (Å²) in [4.78, 5) is 22.1. The Bertz CT molecular complexity index is 569. The summed E-state index contributed by atoms with van der Waals surface area (Å²) in [5.74, 6) is -1.59. The van der Waals surface area contributed by atoms with E-state index in [1.165, 1.54) is 12.1 Å². The van der Waals surface area contributed by atoms with Crippen molar-refractivity contribution in [2.45, 2.75) is 32.2 Å². The van der Waals surface area contributed by atoms with Crippen molar-refractivity contribution in [2.24, 2.45) is 0 Å². The van der Waals surface area contributed by atoms with Gasteiger partial charge in [0.05, 0.1) is 5.69 Å². The lowest BCUT2D eigenvalue weighted by molar-refractivity contribution is -0.137. The maximum Gasteiger partial charge on any atom is 0.319 e. The predicted molar refractivity (Wildman–Crippen MR) is 74.2 cm³/mol. The van der Waals surface area contributed by atoms with E-state index in [1.54, 1.807) is 13.0 Å². The summed E-state index contributed by atoms with van der Waals surface area (Å²) in [6.07, 6.45) is 0.990. The van der Waals surface area contributed by atoms with Gasteiger partial charge in [-0.2, -0.15) is 5.26 Å². The number of urea groups is 1. The minimum absolute atomic E-state index is 0.0378. The van der Waals surface area contributed by atoms with Crippen LogP contribution in [0.1, 0.15) is 31.7 Å². The van der Waals surface area contributed by atoms with Gasteiger partial charge < -0.3 is 15.7 Å². The fraction of sp³-hybridized carbons (Fsp3) is 0.357. The van der Waals surface area contributed by atoms with Crippen molar-refractivity contribution >= 4 is 17.7 Å². The van der Waals surface area contributed by atoms with Crippen molar-refractivity contribution < 1.29 is 19.1 Å². The summed E-state index contributed by atoms with van der Waals surface area (Å²) in [7, 11) is 0. The molecule has 3 N–H and O–H groups in total. The molecule has 21 heavy (non-hydrogen) atoms. The molecule has 0 aliphatic rings. The Balaban J connectivity index is 2.53. The zero-order valence-corrected chi connectivity index (χ0v) is 11.5. The molecule has 0 radical (unpaired) electrons. The molecule has 7 heteroatoms. The van der Waals surface area contributed by atoms with Crippen LogP contribution in [0.2, 0.25) is 0 Å². The third kappa shape index (κ3) is 5.48. The van der Waals surface area contributed by atoms with E-state index in [0.29, 0.717) is 12.8 Å². The number of carbonyl (C=O) groups is 2. The maximum absolute atomic E-state index is 13.4. The second kappa shape index (κ2) is 7.85. The number of aliphatic carboxylic acids is 1. The van der Waals surface area contributed by atoms with Gasteiger partial charge in [0, 0.05) is 12.5 Å². The molecular formula is C14H16FN3O3. The first kappa shape index (κ1) is 16.4. The van der Waals surface area contributed by atoms with Gasteiger partial charge in [-0.05, 0) is 31.9 Å². The molecule has 1 rings (SSSR count). The van der Waals surface area contributed by atoms with Gasteiger partial charge in [0.2, 0.25) is 0 Å². The molecule has 0 aliphatic heterocycles. The number of carbonyl (C=O) groups excluding carboxylic acids is 1. The SMILES string of the molecule is CC(CCCC(=O)O)NC(=O)Nc1cccc(F)c1C#N. The normalized spacial score (nSPS) is 11.3. The van der Waals surface area contributed by atoms with E-state index in [4.69, 9.17) is 10.4 Å². The smallest absolute Gasteiger partial charge is 0.319 e. The van der Waals surface area contributed by atoms with Gasteiger partial charge in [-0.15, -0.1) is 0 Å². The minimum Gasteiger partial charge on any atom is -0.481 e. The number of hydrogen-bond acceptors (Lipinski definition) is 3. The molecule has 1 unspecified atom stereocenters. The number of nitriles is 1. The summed E-state index contributed by atoms with van der Waals surface area (Å²) in [5.41, 5.74) is -0.140. The first-order valence-corrected chi connectivity index (χ1v) is 6.42. The lowest BCUT2D eigenvalue weighted by Crippen LogP contribution is -2.36. The summed E-state index contributed by atoms with van der Waals surface area (Å²) in [6.45, 7) is 1.73. The van der Waals surface area contributed by atoms with Crippen LogP contribution in [0.25, 0.3) is 0 Å². The van der Waals surface area contributed by atoms with Gasteiger partial charge in [0.1, 0.15) is 17.4 Å². The van der Waals surface area contributed by atoms with E-state index in [9.17, 15) is 14.0 Å². The summed E-state index contributed by atoms with van der Waals surface area (Å²) < 4.78 is 13.4. The van der Waals surface area contributed by atoms with Crippen LogP contribution in [0.15, 0.2) is 18.2 Å². The molecule has 2 amide bonds. The van der Waals surface area contributed by atoms with E-state index in [-0.39, 0.29) is 23.7 Å². The Morgan fingerprint density at radius 2 is 2.19 bits per heavy atom. The second-order valence-corrected chi connectivity index (χ2v) is 4.56. The number of carboxylic acids is 1. The van der Waals surface area contributed by atoms with E-state index in [1.807, 2.05) is 0 Å². The third-order valence-electron chi connectivity index (χ3n) is 2.78. The number of nitrogens with one attached hydrogen (secondary N) is 2. The van der Waals surface area contributed by atoms with Crippen molar-refractivity contribution in [3.63, 3.8) is 0 Å². The first-order chi connectivity index (χ1) is 9.93. The number of nitrogens with zero attached hydrogens (tertiary/aromatic N) is 1. The van der Waals surface area contributed by atoms with Gasteiger partial charge in [-0.1, -0.05) is 6.07 Å². The van der Waals surface area contributed by atoms with Gasteiger partial charge in [0.25, 0.3) is 0 Å². The maximum atomic E-state index is 13.4. The van der Waals surface area contributed by atoms with Crippen LogP contribution in [0.4, 0.5) is 14.9 Å². The monoisotopic (exact) mass is 293 g/mol. The zero-order chi connectivity index (χ0) is 15.8. The number of hydrogen-bond donors (Lipinski definition) is 3. The molecule has 0 heterocycles. The molecule has 0 bridgehead atoms. The van der Waals surface area contributed by atoms with Crippen molar-refractivity contribution in [3.8, 4) is 6.07 Å². The number of amides is 2. The molecule has 6 nitrogen and oxygen atoms in total. The lowest BCUT2D eigenvalue weighted by Gasteiger charge is -2.14. The summed E-state index contributed by atoms with van der Waals surface area (Å²) in [5, 5.41) is 22.4. The minimum atomic E-state index is -0.884. The topological polar surface area (TPSA) is 102 Å². The van der Waals surface area contributed by atoms with Gasteiger partial charge >= 0.3 is 12.0 Å². The molecule has 0 aromatic heterocycles. The average molecular weight is 293 g/mol. The van der Waals surface area contributed by atoms with Crippen LogP contribution in [-0.2, 0) is 4.79 Å². The summed E-state index contributed by atoms with van der Waals surface area (Å²) in [6, 6.07) is 4.84. The van der Waals surface area contributed by atoms with Crippen LogP contribution >= 0.6 is 0 Å². The Labute approximate surface area is 121 Å². The lowest BCUT2D eigenvalue weighted by atomic mass is 10.1. The van der Waals surface area contributed by atoms with Crippen LogP contribution < -0.4 is 10.6 Å². The van der Waals surface area contributed by atoms with Crippen LogP contribution in [0, 0.1) is 17.1 Å². The highest BCUT2D eigenvalue weighted by Crippen LogP contribution is 2.17. The van der Waals surface area contributed by atoms with Crippen molar-refractivity contribution in [1.29, 1.82) is 5.26 Å². The number of anilines is 1. The Hall–Kier alpha value is -2.62. The number of carboxylic acid groups (broad SMARTS) is 1. The number of rotatable bonds is 6. The highest BCUT2D eigenvalue weighted by atomic mass is 19.1. The Morgan fingerprint density at radius 3 is 2.81 bits per heavy atom. The molecule has 0 saturated carbocycles. The predicted octanol–water partition coefficient (Wildman–Crippen LogP) is 2.46. The van der Waals surface area contributed by atoms with E-state index in [0.717, 1.165) is 6.07 Å². The fourth-order valence-electron chi connectivity index (χ4n) is 1.76. The second-order valence-electron chi connectivity index (χ2n) is 4.56. The fourth-order valence-corrected chi connectivity index (χ4v) is 1.76. The van der Waals surface area contributed by atoms with Gasteiger partial charge in [-0.3, -0.25) is 4.79 Å². The van der Waals surface area contributed by atoms with Crippen LogP contribution in [-0.4, -0.2) is 23.1 Å². The Kier molecular flexibility index (Phi) is 6.14. The molecule has 0 spiro atoms.